The number of benzene rings is 1. The van der Waals surface area contributed by atoms with Crippen LogP contribution in [0.1, 0.15) is 13.3 Å². The van der Waals surface area contributed by atoms with Gasteiger partial charge in [-0.1, -0.05) is 40.9 Å². The molecule has 172 valence electrons. The molecule has 1 unspecified atom stereocenters. The van der Waals surface area contributed by atoms with Crippen molar-refractivity contribution in [3.05, 3.63) is 54.3 Å². The first-order chi connectivity index (χ1) is 15.6. The number of anilines is 1. The van der Waals surface area contributed by atoms with E-state index in [4.69, 9.17) is 10.6 Å². The highest BCUT2D eigenvalue weighted by molar-refractivity contribution is 7.99. The largest absolute Gasteiger partial charge is 0.397 e. The van der Waals surface area contributed by atoms with Crippen LogP contribution in [0.25, 0.3) is 11.0 Å². The summed E-state index contributed by atoms with van der Waals surface area (Å²) in [4.78, 5) is 27.1. The Hall–Kier alpha value is -3.61. The molecular weight excluding hydrogens is 459 g/mol. The molecule has 0 aliphatic heterocycles. The van der Waals surface area contributed by atoms with Gasteiger partial charge in [0.25, 0.3) is 5.88 Å². The molecule has 2 heterocycles. The molecule has 0 fully saturated rings. The van der Waals surface area contributed by atoms with Gasteiger partial charge in [-0.15, -0.1) is 5.10 Å². The van der Waals surface area contributed by atoms with Crippen LogP contribution in [-0.4, -0.2) is 43.0 Å². The van der Waals surface area contributed by atoms with Gasteiger partial charge in [-0.3, -0.25) is 4.79 Å². The van der Waals surface area contributed by atoms with Crippen LogP contribution in [0.2, 0.25) is 0 Å². The van der Waals surface area contributed by atoms with Gasteiger partial charge in [0.2, 0.25) is 11.9 Å². The minimum Gasteiger partial charge on any atom is -0.368 e. The summed E-state index contributed by atoms with van der Waals surface area (Å²) in [6.07, 6.45) is -0.948. The zero-order chi connectivity index (χ0) is 23.6. The molecule has 1 aromatic carbocycles. The van der Waals surface area contributed by atoms with Gasteiger partial charge >= 0.3 is 6.18 Å². The molecule has 9 nitrogen and oxygen atoms in total. The Kier molecular flexibility index (Phi) is 5.97. The summed E-state index contributed by atoms with van der Waals surface area (Å²) < 4.78 is 39.8. The number of aromatic nitrogens is 5. The number of rotatable bonds is 6. The average molecular weight is 477 g/mol. The monoisotopic (exact) mass is 477 g/mol. The van der Waals surface area contributed by atoms with Crippen molar-refractivity contribution in [3.63, 3.8) is 0 Å². The standard InChI is InChI=1S/C20H18F3N7O2S/c1-19(20(21,22)23)8-4-5-12(10-19)25-15(31)11-33-17-9-16(26-18(24)27-17)32-30-14-7-3-2-6-13(14)28-29-30/h2-9H,10-11H2,1H3,(H,25,31)(H2,24,26,27). The van der Waals surface area contributed by atoms with Gasteiger partial charge in [0.15, 0.2) is 0 Å². The number of amides is 1. The van der Waals surface area contributed by atoms with Crippen LogP contribution in [0.5, 0.6) is 5.88 Å². The molecule has 0 saturated heterocycles. The van der Waals surface area contributed by atoms with E-state index in [9.17, 15) is 18.0 Å². The summed E-state index contributed by atoms with van der Waals surface area (Å²) in [5, 5.41) is 10.7. The lowest BCUT2D eigenvalue weighted by molar-refractivity contribution is -0.200. The average Bonchev–Trinajstić information content (AvgIpc) is 3.14. The molecule has 0 radical (unpaired) electrons. The molecule has 0 spiro atoms. The van der Waals surface area contributed by atoms with Gasteiger partial charge in [0.1, 0.15) is 16.1 Å². The number of nitrogen functional groups attached to an aromatic ring is 1. The normalized spacial score (nSPS) is 18.2. The van der Waals surface area contributed by atoms with Crippen LogP contribution in [0.15, 0.2) is 59.3 Å². The minimum atomic E-state index is -4.42. The Morgan fingerprint density at radius 2 is 2.12 bits per heavy atom. The van der Waals surface area contributed by atoms with E-state index >= 15 is 0 Å². The van der Waals surface area contributed by atoms with E-state index in [0.29, 0.717) is 16.1 Å². The predicted octanol–water partition coefficient (Wildman–Crippen LogP) is 3.27. The lowest BCUT2D eigenvalue weighted by atomic mass is 9.81. The third-order valence-electron chi connectivity index (χ3n) is 4.82. The fourth-order valence-corrected chi connectivity index (χ4v) is 3.76. The van der Waals surface area contributed by atoms with Crippen LogP contribution in [0.4, 0.5) is 19.1 Å². The van der Waals surface area contributed by atoms with Crippen molar-refractivity contribution in [2.24, 2.45) is 5.41 Å². The molecule has 0 saturated carbocycles. The maximum atomic E-state index is 13.3. The van der Waals surface area contributed by atoms with Gasteiger partial charge in [-0.2, -0.15) is 18.2 Å². The lowest BCUT2D eigenvalue weighted by Crippen LogP contribution is -2.38. The summed E-state index contributed by atoms with van der Waals surface area (Å²) in [7, 11) is 0. The van der Waals surface area contributed by atoms with Crippen LogP contribution >= 0.6 is 11.8 Å². The molecule has 3 N–H and O–H groups in total. The Balaban J connectivity index is 1.39. The Labute approximate surface area is 189 Å². The smallest absolute Gasteiger partial charge is 0.368 e. The van der Waals surface area contributed by atoms with Crippen LogP contribution < -0.4 is 15.9 Å². The number of hydrogen-bond donors (Lipinski definition) is 2. The second kappa shape index (κ2) is 8.73. The molecule has 4 rings (SSSR count). The number of nitrogens with one attached hydrogen (secondary N) is 1. The molecule has 1 amide bonds. The van der Waals surface area contributed by atoms with E-state index in [1.165, 1.54) is 23.1 Å². The molecular formula is C20H18F3N7O2S. The fraction of sp³-hybridized carbons (Fsp3) is 0.250. The summed E-state index contributed by atoms with van der Waals surface area (Å²) >= 11 is 1.03. The zero-order valence-corrected chi connectivity index (χ0v) is 18.0. The molecule has 33 heavy (non-hydrogen) atoms. The molecule has 1 aliphatic rings. The Morgan fingerprint density at radius 1 is 1.33 bits per heavy atom. The van der Waals surface area contributed by atoms with Crippen molar-refractivity contribution < 1.29 is 22.8 Å². The first kappa shape index (κ1) is 22.6. The van der Waals surface area contributed by atoms with Gasteiger partial charge in [0.05, 0.1) is 11.2 Å². The summed E-state index contributed by atoms with van der Waals surface area (Å²) in [5.41, 5.74) is 5.14. The van der Waals surface area contributed by atoms with Crippen LogP contribution in [0.3, 0.4) is 0 Å². The first-order valence-electron chi connectivity index (χ1n) is 9.64. The minimum absolute atomic E-state index is 0.0825. The quantitative estimate of drug-likeness (QED) is 0.410. The maximum Gasteiger partial charge on any atom is 0.397 e. The van der Waals surface area contributed by atoms with Gasteiger partial charge in [-0.25, -0.2) is 4.98 Å². The van der Waals surface area contributed by atoms with E-state index in [1.54, 1.807) is 18.2 Å². The number of halogens is 3. The maximum absolute atomic E-state index is 13.3. The third kappa shape index (κ3) is 5.08. The number of para-hydroxylation sites is 1. The molecule has 3 aromatic rings. The highest BCUT2D eigenvalue weighted by atomic mass is 32.2. The summed E-state index contributed by atoms with van der Waals surface area (Å²) in [6.45, 7) is 1.08. The van der Waals surface area contributed by atoms with Gasteiger partial charge < -0.3 is 15.9 Å². The molecule has 0 bridgehead atoms. The number of thioether (sulfide) groups is 1. The number of alkyl halides is 3. The number of fused-ring (bicyclic) bond motifs is 1. The number of nitrogens with zero attached hydrogens (tertiary/aromatic N) is 5. The molecule has 2 aromatic heterocycles. The summed E-state index contributed by atoms with van der Waals surface area (Å²) in [6, 6.07) is 8.61. The van der Waals surface area contributed by atoms with E-state index in [-0.39, 0.29) is 29.7 Å². The van der Waals surface area contributed by atoms with Crippen molar-refractivity contribution in [1.82, 2.24) is 30.4 Å². The van der Waals surface area contributed by atoms with Crippen LogP contribution in [-0.2, 0) is 4.79 Å². The lowest BCUT2D eigenvalue weighted by Gasteiger charge is -2.31. The van der Waals surface area contributed by atoms with Crippen LogP contribution in [0, 0.1) is 5.41 Å². The number of allylic oxidation sites excluding steroid dienone is 4. The highest BCUT2D eigenvalue weighted by Crippen LogP contribution is 2.45. The number of carbonyl (C=O) groups is 1. The first-order valence-corrected chi connectivity index (χ1v) is 10.6. The number of nitrogens with two attached hydrogens (primary N) is 1. The molecule has 1 aliphatic carbocycles. The second-order valence-corrected chi connectivity index (χ2v) is 8.42. The number of hydrogen-bond acceptors (Lipinski definition) is 8. The van der Waals surface area contributed by atoms with Crippen molar-refractivity contribution in [3.8, 4) is 5.88 Å². The van der Waals surface area contributed by atoms with Crippen molar-refractivity contribution in [1.29, 1.82) is 0 Å². The van der Waals surface area contributed by atoms with E-state index in [0.717, 1.165) is 24.8 Å². The number of carbonyl (C=O) groups excluding carboxylic acids is 1. The van der Waals surface area contributed by atoms with Gasteiger partial charge in [-0.05, 0) is 30.3 Å². The highest BCUT2D eigenvalue weighted by Gasteiger charge is 2.50. The van der Waals surface area contributed by atoms with E-state index in [1.807, 2.05) is 6.07 Å². The zero-order valence-electron chi connectivity index (χ0n) is 17.2. The second-order valence-electron chi connectivity index (χ2n) is 7.42. The Bertz CT molecular complexity index is 1260. The molecule has 1 atom stereocenters. The summed E-state index contributed by atoms with van der Waals surface area (Å²) in [5.74, 6) is -0.581. The Morgan fingerprint density at radius 3 is 2.91 bits per heavy atom. The van der Waals surface area contributed by atoms with Gasteiger partial charge in [0, 0.05) is 18.2 Å². The fourth-order valence-electron chi connectivity index (χ4n) is 3.07. The van der Waals surface area contributed by atoms with Crippen molar-refractivity contribution in [2.75, 3.05) is 11.5 Å². The SMILES string of the molecule is CC1(C(F)(F)F)C=CC=C(NC(=O)CSc2cc(On3nnc4ccccc43)nc(N)n2)C1. The predicted molar refractivity (Wildman–Crippen MR) is 115 cm³/mol. The van der Waals surface area contributed by atoms with Crippen molar-refractivity contribution >= 4 is 34.7 Å². The molecule has 13 heteroatoms. The van der Waals surface area contributed by atoms with Crippen molar-refractivity contribution in [2.45, 2.75) is 24.5 Å². The third-order valence-corrected chi connectivity index (χ3v) is 5.73. The van der Waals surface area contributed by atoms with E-state index < -0.39 is 17.5 Å². The van der Waals surface area contributed by atoms with E-state index in [2.05, 4.69) is 25.6 Å². The topological polar surface area (TPSA) is 121 Å².